The molecular formula is C21H17F2NO. The molecule has 0 fully saturated rings. The fourth-order valence-electron chi connectivity index (χ4n) is 2.69. The Kier molecular flexibility index (Phi) is 4.61. The van der Waals surface area contributed by atoms with Crippen LogP contribution in [0.4, 0.5) is 14.5 Å². The van der Waals surface area contributed by atoms with Gasteiger partial charge in [-0.3, -0.25) is 4.79 Å². The molecule has 0 saturated carbocycles. The number of anilines is 1. The Morgan fingerprint density at radius 1 is 0.880 bits per heavy atom. The predicted molar refractivity (Wildman–Crippen MR) is 95.7 cm³/mol. The van der Waals surface area contributed by atoms with Crippen LogP contribution in [0.3, 0.4) is 0 Å². The molecule has 0 spiro atoms. The maximum atomic E-state index is 13.7. The highest BCUT2D eigenvalue weighted by Gasteiger charge is 2.17. The standard InChI is InChI=1S/C21H17F2NO/c1-13-6-7-14(2)17(12-13)15-8-10-16(11-9-15)24-21(25)20-18(22)4-3-5-19(20)23/h3-12H,1-2H3,(H,24,25). The summed E-state index contributed by atoms with van der Waals surface area (Å²) in [6.07, 6.45) is 0. The summed E-state index contributed by atoms with van der Waals surface area (Å²) < 4.78 is 27.3. The van der Waals surface area contributed by atoms with Crippen LogP contribution in [0.15, 0.2) is 60.7 Å². The maximum absolute atomic E-state index is 13.7. The molecule has 2 nitrogen and oxygen atoms in total. The van der Waals surface area contributed by atoms with Crippen LogP contribution in [0.5, 0.6) is 0 Å². The first kappa shape index (κ1) is 16.8. The molecule has 0 saturated heterocycles. The molecule has 0 unspecified atom stereocenters. The van der Waals surface area contributed by atoms with E-state index in [9.17, 15) is 13.6 Å². The number of nitrogens with one attached hydrogen (secondary N) is 1. The number of rotatable bonds is 3. The molecule has 25 heavy (non-hydrogen) atoms. The molecule has 0 aliphatic heterocycles. The Morgan fingerprint density at radius 2 is 1.52 bits per heavy atom. The zero-order chi connectivity index (χ0) is 18.0. The van der Waals surface area contributed by atoms with Crippen LogP contribution in [-0.2, 0) is 0 Å². The molecule has 0 radical (unpaired) electrons. The fraction of sp³-hybridized carbons (Fsp3) is 0.0952. The van der Waals surface area contributed by atoms with Gasteiger partial charge < -0.3 is 5.32 Å². The summed E-state index contributed by atoms with van der Waals surface area (Å²) in [5.74, 6) is -2.58. The van der Waals surface area contributed by atoms with Crippen molar-refractivity contribution < 1.29 is 13.6 Å². The molecule has 0 aliphatic rings. The molecule has 4 heteroatoms. The van der Waals surface area contributed by atoms with Crippen LogP contribution in [0, 0.1) is 25.5 Å². The van der Waals surface area contributed by atoms with Crippen molar-refractivity contribution in [2.45, 2.75) is 13.8 Å². The molecule has 1 N–H and O–H groups in total. The van der Waals surface area contributed by atoms with Crippen molar-refractivity contribution in [3.05, 3.63) is 89.0 Å². The summed E-state index contributed by atoms with van der Waals surface area (Å²) in [6.45, 7) is 4.06. The molecule has 0 bridgehead atoms. The maximum Gasteiger partial charge on any atom is 0.261 e. The van der Waals surface area contributed by atoms with Crippen molar-refractivity contribution in [2.24, 2.45) is 0 Å². The lowest BCUT2D eigenvalue weighted by molar-refractivity contribution is 0.101. The van der Waals surface area contributed by atoms with E-state index in [0.29, 0.717) is 5.69 Å². The van der Waals surface area contributed by atoms with Gasteiger partial charge in [0.15, 0.2) is 0 Å². The lowest BCUT2D eigenvalue weighted by Gasteiger charge is -2.10. The molecule has 0 atom stereocenters. The normalized spacial score (nSPS) is 10.6. The highest BCUT2D eigenvalue weighted by atomic mass is 19.1. The van der Waals surface area contributed by atoms with E-state index >= 15 is 0 Å². The van der Waals surface area contributed by atoms with Gasteiger partial charge >= 0.3 is 0 Å². The van der Waals surface area contributed by atoms with Gasteiger partial charge in [0.05, 0.1) is 0 Å². The summed E-state index contributed by atoms with van der Waals surface area (Å²) in [7, 11) is 0. The average molecular weight is 337 g/mol. The van der Waals surface area contributed by atoms with Crippen LogP contribution in [-0.4, -0.2) is 5.91 Å². The van der Waals surface area contributed by atoms with Gasteiger partial charge in [0, 0.05) is 5.69 Å². The summed E-state index contributed by atoms with van der Waals surface area (Å²) in [5.41, 5.74) is 4.32. The summed E-state index contributed by atoms with van der Waals surface area (Å²) in [6, 6.07) is 16.7. The predicted octanol–water partition coefficient (Wildman–Crippen LogP) is 5.50. The number of hydrogen-bond donors (Lipinski definition) is 1. The monoisotopic (exact) mass is 337 g/mol. The Balaban J connectivity index is 1.84. The first-order chi connectivity index (χ1) is 12.0. The number of halogens is 2. The van der Waals surface area contributed by atoms with E-state index in [4.69, 9.17) is 0 Å². The van der Waals surface area contributed by atoms with Crippen LogP contribution in [0.1, 0.15) is 21.5 Å². The van der Waals surface area contributed by atoms with E-state index in [1.165, 1.54) is 6.07 Å². The van der Waals surface area contributed by atoms with Gasteiger partial charge in [0.25, 0.3) is 5.91 Å². The zero-order valence-corrected chi connectivity index (χ0v) is 13.9. The molecule has 1 amide bonds. The van der Waals surface area contributed by atoms with Crippen molar-refractivity contribution in [3.63, 3.8) is 0 Å². The third-order valence-electron chi connectivity index (χ3n) is 4.04. The molecule has 0 aromatic heterocycles. The lowest BCUT2D eigenvalue weighted by atomic mass is 9.98. The fourth-order valence-corrected chi connectivity index (χ4v) is 2.69. The van der Waals surface area contributed by atoms with Gasteiger partial charge in [-0.05, 0) is 54.8 Å². The van der Waals surface area contributed by atoms with Crippen molar-refractivity contribution in [2.75, 3.05) is 5.32 Å². The number of carbonyl (C=O) groups excluding carboxylic acids is 1. The minimum atomic E-state index is -0.885. The van der Waals surface area contributed by atoms with Crippen molar-refractivity contribution in [1.82, 2.24) is 0 Å². The van der Waals surface area contributed by atoms with Crippen molar-refractivity contribution in [1.29, 1.82) is 0 Å². The van der Waals surface area contributed by atoms with Gasteiger partial charge in [-0.25, -0.2) is 8.78 Å². The third-order valence-corrected chi connectivity index (χ3v) is 4.04. The number of hydrogen-bond acceptors (Lipinski definition) is 1. The van der Waals surface area contributed by atoms with Gasteiger partial charge in [0.1, 0.15) is 17.2 Å². The molecule has 0 aliphatic carbocycles. The van der Waals surface area contributed by atoms with E-state index in [0.717, 1.165) is 34.4 Å². The van der Waals surface area contributed by atoms with Gasteiger partial charge in [-0.2, -0.15) is 0 Å². The Hall–Kier alpha value is -3.01. The largest absolute Gasteiger partial charge is 0.322 e. The molecule has 3 aromatic rings. The Morgan fingerprint density at radius 3 is 2.16 bits per heavy atom. The minimum Gasteiger partial charge on any atom is -0.322 e. The smallest absolute Gasteiger partial charge is 0.261 e. The van der Waals surface area contributed by atoms with Gasteiger partial charge in [-0.15, -0.1) is 0 Å². The number of benzene rings is 3. The SMILES string of the molecule is Cc1ccc(C)c(-c2ccc(NC(=O)c3c(F)cccc3F)cc2)c1. The van der Waals surface area contributed by atoms with Crippen LogP contribution >= 0.6 is 0 Å². The highest BCUT2D eigenvalue weighted by molar-refractivity contribution is 6.04. The molecule has 126 valence electrons. The van der Waals surface area contributed by atoms with E-state index < -0.39 is 23.1 Å². The Labute approximate surface area is 145 Å². The van der Waals surface area contributed by atoms with Crippen LogP contribution < -0.4 is 5.32 Å². The molecule has 3 rings (SSSR count). The van der Waals surface area contributed by atoms with Gasteiger partial charge in [0.2, 0.25) is 0 Å². The number of carbonyl (C=O) groups is 1. The number of amides is 1. The van der Waals surface area contributed by atoms with E-state index in [-0.39, 0.29) is 0 Å². The average Bonchev–Trinajstić information content (AvgIpc) is 2.58. The van der Waals surface area contributed by atoms with E-state index in [1.54, 1.807) is 12.1 Å². The Bertz CT molecular complexity index is 913. The molecule has 3 aromatic carbocycles. The highest BCUT2D eigenvalue weighted by Crippen LogP contribution is 2.26. The van der Waals surface area contributed by atoms with Crippen LogP contribution in [0.25, 0.3) is 11.1 Å². The second-order valence-electron chi connectivity index (χ2n) is 5.95. The topological polar surface area (TPSA) is 29.1 Å². The van der Waals surface area contributed by atoms with Gasteiger partial charge in [-0.1, -0.05) is 42.0 Å². The summed E-state index contributed by atoms with van der Waals surface area (Å²) in [5, 5.41) is 2.53. The van der Waals surface area contributed by atoms with Crippen molar-refractivity contribution in [3.8, 4) is 11.1 Å². The summed E-state index contributed by atoms with van der Waals surface area (Å²) in [4.78, 5) is 12.1. The second kappa shape index (κ2) is 6.85. The second-order valence-corrected chi connectivity index (χ2v) is 5.95. The first-order valence-electron chi connectivity index (χ1n) is 7.89. The van der Waals surface area contributed by atoms with E-state index in [2.05, 4.69) is 23.5 Å². The molecular weight excluding hydrogens is 320 g/mol. The number of aryl methyl sites for hydroxylation is 2. The van der Waals surface area contributed by atoms with Crippen molar-refractivity contribution >= 4 is 11.6 Å². The van der Waals surface area contributed by atoms with E-state index in [1.807, 2.05) is 26.0 Å². The minimum absolute atomic E-state index is 0.474. The lowest BCUT2D eigenvalue weighted by Crippen LogP contribution is -2.15. The summed E-state index contributed by atoms with van der Waals surface area (Å²) >= 11 is 0. The first-order valence-corrected chi connectivity index (χ1v) is 7.89. The molecule has 0 heterocycles. The zero-order valence-electron chi connectivity index (χ0n) is 13.9. The van der Waals surface area contributed by atoms with Crippen LogP contribution in [0.2, 0.25) is 0 Å². The third kappa shape index (κ3) is 3.58. The quantitative estimate of drug-likeness (QED) is 0.672.